The normalized spacial score (nSPS) is 15.5. The topological polar surface area (TPSA) is 94.4 Å². The lowest BCUT2D eigenvalue weighted by Crippen LogP contribution is -2.49. The maximum absolute atomic E-state index is 12.5. The van der Waals surface area contributed by atoms with Crippen molar-refractivity contribution < 1.29 is 14.6 Å². The number of fused-ring (bicyclic) bond motifs is 2. The molecule has 0 spiro atoms. The van der Waals surface area contributed by atoms with E-state index >= 15 is 0 Å². The van der Waals surface area contributed by atoms with E-state index in [1.54, 1.807) is 11.0 Å². The molecule has 1 amide bonds. The Bertz CT molecular complexity index is 1310. The molecule has 2 aliphatic rings. The Morgan fingerprint density at radius 3 is 2.45 bits per heavy atom. The number of para-hydroxylation sites is 1. The molecule has 9 nitrogen and oxygen atoms in total. The molecule has 2 N–H and O–H groups in total. The van der Waals surface area contributed by atoms with E-state index in [-0.39, 0.29) is 30.4 Å². The third kappa shape index (κ3) is 3.71. The summed E-state index contributed by atoms with van der Waals surface area (Å²) in [5.41, 5.74) is 4.13. The van der Waals surface area contributed by atoms with E-state index in [1.807, 2.05) is 36.4 Å². The number of piperazine rings is 1. The predicted molar refractivity (Wildman–Crippen MR) is 127 cm³/mol. The molecule has 3 aromatic carbocycles. The highest BCUT2D eigenvalue weighted by atomic mass is 16.6. The summed E-state index contributed by atoms with van der Waals surface area (Å²) in [7, 11) is 0. The summed E-state index contributed by atoms with van der Waals surface area (Å²) < 4.78 is 5.46. The Kier molecular flexibility index (Phi) is 5.29. The van der Waals surface area contributed by atoms with E-state index < -0.39 is 0 Å². The van der Waals surface area contributed by atoms with Crippen LogP contribution in [-0.4, -0.2) is 55.4 Å². The van der Waals surface area contributed by atoms with Gasteiger partial charge in [-0.15, -0.1) is 0 Å². The Morgan fingerprint density at radius 1 is 1.06 bits per heavy atom. The van der Waals surface area contributed by atoms with Crippen LogP contribution in [0.25, 0.3) is 17.4 Å². The van der Waals surface area contributed by atoms with Crippen molar-refractivity contribution in [2.45, 2.75) is 0 Å². The van der Waals surface area contributed by atoms with Crippen LogP contribution >= 0.6 is 0 Å². The average Bonchev–Trinajstić information content (AvgIpc) is 3.19. The number of anilines is 2. The van der Waals surface area contributed by atoms with Gasteiger partial charge < -0.3 is 24.9 Å². The molecule has 33 heavy (non-hydrogen) atoms. The lowest BCUT2D eigenvalue weighted by atomic mass is 10.1. The molecule has 9 heteroatoms. The number of amides is 1. The molecular formula is C24H25N5O4. The Balaban J connectivity index is 1.21. The number of rotatable bonds is 4. The number of phenols is 1. The molecule has 0 unspecified atom stereocenters. The van der Waals surface area contributed by atoms with Crippen molar-refractivity contribution in [3.05, 3.63) is 70.4 Å². The van der Waals surface area contributed by atoms with Gasteiger partial charge in [-0.1, -0.05) is 59.4 Å². The van der Waals surface area contributed by atoms with E-state index in [9.17, 15) is 15.1 Å². The van der Waals surface area contributed by atoms with Gasteiger partial charge in [-0.3, -0.25) is 0 Å². The summed E-state index contributed by atoms with van der Waals surface area (Å²) in [5, 5.41) is 26.9. The number of benzene rings is 3. The quantitative estimate of drug-likeness (QED) is 0.458. The zero-order valence-corrected chi connectivity index (χ0v) is 18.1. The SMILES string of the molecule is C=c1c2c(c(O)c3ccccc13)N(CCOC(=O)N1CCN(c3ccccc3)CC1)N[N+]=2[O-]. The van der Waals surface area contributed by atoms with Gasteiger partial charge in [0.15, 0.2) is 11.4 Å². The highest BCUT2D eigenvalue weighted by molar-refractivity contribution is 5.93. The fourth-order valence-corrected chi connectivity index (χ4v) is 4.41. The second-order valence-electron chi connectivity index (χ2n) is 8.04. The minimum atomic E-state index is -0.387. The lowest BCUT2D eigenvalue weighted by Gasteiger charge is -2.35. The number of nitrogens with one attached hydrogen (secondary N) is 1. The summed E-state index contributed by atoms with van der Waals surface area (Å²) in [4.78, 5) is 17.0. The first kappa shape index (κ1) is 20.7. The molecule has 0 bridgehead atoms. The first-order chi connectivity index (χ1) is 16.0. The van der Waals surface area contributed by atoms with E-state index in [1.165, 1.54) is 5.01 Å². The zero-order valence-electron chi connectivity index (χ0n) is 18.1. The smallest absolute Gasteiger partial charge is 0.409 e. The molecule has 1 saturated heterocycles. The van der Waals surface area contributed by atoms with Crippen molar-refractivity contribution in [1.82, 2.24) is 15.3 Å². The highest BCUT2D eigenvalue weighted by Gasteiger charge is 2.30. The van der Waals surface area contributed by atoms with Crippen LogP contribution in [0.3, 0.4) is 0 Å². The molecule has 2 heterocycles. The first-order valence-corrected chi connectivity index (χ1v) is 10.9. The fraction of sp³-hybridized carbons (Fsp3) is 0.250. The lowest BCUT2D eigenvalue weighted by molar-refractivity contribution is 0.102. The average molecular weight is 447 g/mol. The van der Waals surface area contributed by atoms with Gasteiger partial charge in [0, 0.05) is 37.3 Å². The Morgan fingerprint density at radius 2 is 1.73 bits per heavy atom. The van der Waals surface area contributed by atoms with Crippen molar-refractivity contribution in [1.29, 1.82) is 0 Å². The van der Waals surface area contributed by atoms with Gasteiger partial charge in [-0.05, 0) is 17.5 Å². The maximum Gasteiger partial charge on any atom is 0.409 e. The van der Waals surface area contributed by atoms with E-state index in [0.29, 0.717) is 39.6 Å². The standard InChI is InChI=1S/C24H25N5O4/c1-17-19-9-5-6-10-20(19)23(30)22-21(17)29(32)25-28(22)15-16-33-24(31)27-13-11-26(12-14-27)18-7-3-2-4-8-18/h2-10,25,30H,1,11-16H2. The van der Waals surface area contributed by atoms with Crippen molar-refractivity contribution in [3.8, 4) is 5.75 Å². The molecule has 170 valence electrons. The first-order valence-electron chi connectivity index (χ1n) is 10.9. The van der Waals surface area contributed by atoms with Crippen molar-refractivity contribution in [3.63, 3.8) is 0 Å². The predicted octanol–water partition coefficient (Wildman–Crippen LogP) is 1.14. The molecule has 0 saturated carbocycles. The molecule has 0 aromatic heterocycles. The van der Waals surface area contributed by atoms with Crippen LogP contribution in [0.15, 0.2) is 54.6 Å². The zero-order chi connectivity index (χ0) is 22.9. The highest BCUT2D eigenvalue weighted by Crippen LogP contribution is 2.30. The van der Waals surface area contributed by atoms with Gasteiger partial charge in [0.05, 0.1) is 11.8 Å². The number of aromatic hydroxyl groups is 1. The van der Waals surface area contributed by atoms with Gasteiger partial charge in [0.25, 0.3) is 5.36 Å². The van der Waals surface area contributed by atoms with Crippen LogP contribution in [-0.2, 0) is 4.74 Å². The molecular weight excluding hydrogens is 422 g/mol. The fourth-order valence-electron chi connectivity index (χ4n) is 4.41. The van der Waals surface area contributed by atoms with Gasteiger partial charge in [-0.25, -0.2) is 9.80 Å². The molecule has 2 aliphatic heterocycles. The van der Waals surface area contributed by atoms with Gasteiger partial charge in [-0.2, -0.15) is 0 Å². The number of ether oxygens (including phenoxy) is 1. The molecule has 0 radical (unpaired) electrons. The molecule has 0 atom stereocenters. The van der Waals surface area contributed by atoms with Gasteiger partial charge >= 0.3 is 6.09 Å². The summed E-state index contributed by atoms with van der Waals surface area (Å²) in [6.07, 6.45) is -0.387. The minimum absolute atomic E-state index is 0.0118. The second kappa shape index (κ2) is 8.42. The number of carbonyl (C=O) groups excluding carboxylic acids is 1. The minimum Gasteiger partial charge on any atom is -0.594 e. The second-order valence-corrected chi connectivity index (χ2v) is 8.04. The van der Waals surface area contributed by atoms with E-state index in [0.717, 1.165) is 18.8 Å². The van der Waals surface area contributed by atoms with Gasteiger partial charge in [0.2, 0.25) is 0 Å². The molecule has 0 aliphatic carbocycles. The number of nitrogens with zero attached hydrogens (tertiary/aromatic N) is 4. The molecule has 1 fully saturated rings. The summed E-state index contributed by atoms with van der Waals surface area (Å²) in [5.74, 6) is -0.0118. The maximum atomic E-state index is 12.5. The van der Waals surface area contributed by atoms with Crippen LogP contribution < -0.4 is 30.9 Å². The van der Waals surface area contributed by atoms with E-state index in [4.69, 9.17) is 4.74 Å². The number of hydrazine groups is 2. The third-order valence-corrected chi connectivity index (χ3v) is 6.13. The molecule has 5 rings (SSSR count). The number of phenolic OH excluding ortho intramolecular Hbond substituents is 1. The van der Waals surface area contributed by atoms with Crippen molar-refractivity contribution >= 4 is 34.8 Å². The number of carbonyl (C=O) groups is 1. The summed E-state index contributed by atoms with van der Waals surface area (Å²) in [6.45, 7) is 6.89. The Labute approximate surface area is 190 Å². The molecule has 3 aromatic rings. The van der Waals surface area contributed by atoms with Crippen molar-refractivity contribution in [2.24, 2.45) is 0 Å². The Hall–Kier alpha value is -4.14. The summed E-state index contributed by atoms with van der Waals surface area (Å²) in [6, 6.07) is 17.3. The third-order valence-electron chi connectivity index (χ3n) is 6.13. The largest absolute Gasteiger partial charge is 0.594 e. The number of hydrogen-bond donors (Lipinski definition) is 2. The van der Waals surface area contributed by atoms with E-state index in [2.05, 4.69) is 29.1 Å². The van der Waals surface area contributed by atoms with Crippen LogP contribution in [0.2, 0.25) is 0 Å². The van der Waals surface area contributed by atoms with Crippen LogP contribution in [0.1, 0.15) is 0 Å². The van der Waals surface area contributed by atoms with Crippen molar-refractivity contribution in [2.75, 3.05) is 49.2 Å². The van der Waals surface area contributed by atoms with Crippen LogP contribution in [0.5, 0.6) is 5.75 Å². The van der Waals surface area contributed by atoms with Crippen LogP contribution in [0.4, 0.5) is 16.2 Å². The summed E-state index contributed by atoms with van der Waals surface area (Å²) >= 11 is 0. The monoisotopic (exact) mass is 447 g/mol. The van der Waals surface area contributed by atoms with Gasteiger partial charge in [0.1, 0.15) is 6.61 Å². The number of hydrogen-bond acceptors (Lipinski definition) is 7. The van der Waals surface area contributed by atoms with Crippen LogP contribution in [0, 0.1) is 5.21 Å².